The number of aromatic nitrogens is 2. The average molecular weight is 520 g/mol. The Labute approximate surface area is 221 Å². The number of ether oxygens (including phenoxy) is 3. The summed E-state index contributed by atoms with van der Waals surface area (Å²) in [4.78, 5) is 29.9. The van der Waals surface area contributed by atoms with Crippen molar-refractivity contribution in [2.24, 2.45) is 5.73 Å². The molecular weight excluding hydrogens is 486 g/mol. The van der Waals surface area contributed by atoms with Crippen molar-refractivity contribution in [1.82, 2.24) is 14.7 Å². The molecule has 2 aromatic carbocycles. The molecule has 0 saturated carbocycles. The lowest BCUT2D eigenvalue weighted by molar-refractivity contribution is 0.0208. The highest BCUT2D eigenvalue weighted by atomic mass is 16.5. The topological polar surface area (TPSA) is 112 Å². The molecule has 0 atom stereocenters. The van der Waals surface area contributed by atoms with Gasteiger partial charge >= 0.3 is 0 Å². The standard InChI is InChI=1S/C28H33N5O5/c1-36-23-8-6-22(7-9-23)33-26-24(25(30-33)27(29)34)10-12-32(28(26)35)21-4-2-20(3-5-21)11-16-37-17-13-31-14-18-38-19-15-31/h2-9H,10-19H2,1H3,(H2,29,34). The van der Waals surface area contributed by atoms with Crippen LogP contribution in [0.25, 0.3) is 5.69 Å². The zero-order chi connectivity index (χ0) is 26.5. The maximum Gasteiger partial charge on any atom is 0.277 e. The summed E-state index contributed by atoms with van der Waals surface area (Å²) in [6.07, 6.45) is 1.28. The average Bonchev–Trinajstić information content (AvgIpc) is 3.35. The van der Waals surface area contributed by atoms with E-state index in [1.54, 1.807) is 36.3 Å². The molecule has 2 amide bonds. The first-order valence-corrected chi connectivity index (χ1v) is 12.9. The van der Waals surface area contributed by atoms with Crippen LogP contribution in [0.5, 0.6) is 5.75 Å². The van der Waals surface area contributed by atoms with Gasteiger partial charge in [0.2, 0.25) is 0 Å². The van der Waals surface area contributed by atoms with Crippen LogP contribution in [-0.4, -0.2) is 86.2 Å². The Morgan fingerprint density at radius 2 is 1.71 bits per heavy atom. The Kier molecular flexibility index (Phi) is 8.02. The number of hydrogen-bond donors (Lipinski definition) is 1. The second-order valence-corrected chi connectivity index (χ2v) is 9.34. The van der Waals surface area contributed by atoms with E-state index in [-0.39, 0.29) is 11.6 Å². The summed E-state index contributed by atoms with van der Waals surface area (Å²) in [6, 6.07) is 15.1. The van der Waals surface area contributed by atoms with Gasteiger partial charge in [-0.3, -0.25) is 14.5 Å². The number of rotatable bonds is 10. The molecule has 1 saturated heterocycles. The van der Waals surface area contributed by atoms with Crippen molar-refractivity contribution < 1.29 is 23.8 Å². The molecule has 2 aliphatic heterocycles. The number of nitrogens with zero attached hydrogens (tertiary/aromatic N) is 4. The van der Waals surface area contributed by atoms with E-state index in [2.05, 4.69) is 10.00 Å². The highest BCUT2D eigenvalue weighted by Crippen LogP contribution is 2.29. The van der Waals surface area contributed by atoms with Gasteiger partial charge in [-0.25, -0.2) is 4.68 Å². The van der Waals surface area contributed by atoms with Crippen LogP contribution in [0.1, 0.15) is 32.1 Å². The van der Waals surface area contributed by atoms with Crippen LogP contribution in [0.3, 0.4) is 0 Å². The van der Waals surface area contributed by atoms with E-state index in [0.717, 1.165) is 50.5 Å². The number of fused-ring (bicyclic) bond motifs is 1. The van der Waals surface area contributed by atoms with Gasteiger partial charge in [-0.05, 0) is 54.8 Å². The third-order valence-electron chi connectivity index (χ3n) is 7.01. The summed E-state index contributed by atoms with van der Waals surface area (Å²) in [5, 5.41) is 4.42. The number of methoxy groups -OCH3 is 1. The van der Waals surface area contributed by atoms with Crippen molar-refractivity contribution in [2.45, 2.75) is 12.8 Å². The number of benzene rings is 2. The van der Waals surface area contributed by atoms with Gasteiger partial charge in [0, 0.05) is 37.4 Å². The molecule has 10 heteroatoms. The number of anilines is 1. The third-order valence-corrected chi connectivity index (χ3v) is 7.01. The second kappa shape index (κ2) is 11.8. The first kappa shape index (κ1) is 25.9. The molecule has 200 valence electrons. The van der Waals surface area contributed by atoms with E-state index in [1.165, 1.54) is 4.68 Å². The molecule has 1 aromatic heterocycles. The maximum absolute atomic E-state index is 13.7. The predicted molar refractivity (Wildman–Crippen MR) is 142 cm³/mol. The third kappa shape index (κ3) is 5.57. The van der Waals surface area contributed by atoms with Crippen LogP contribution < -0.4 is 15.4 Å². The molecule has 1 fully saturated rings. The fraction of sp³-hybridized carbons (Fsp3) is 0.393. The zero-order valence-electron chi connectivity index (χ0n) is 21.6. The Bertz CT molecular complexity index is 1270. The van der Waals surface area contributed by atoms with Crippen molar-refractivity contribution in [3.63, 3.8) is 0 Å². The summed E-state index contributed by atoms with van der Waals surface area (Å²) in [7, 11) is 1.59. The molecule has 0 bridgehead atoms. The molecule has 0 radical (unpaired) electrons. The van der Waals surface area contributed by atoms with Gasteiger partial charge in [-0.1, -0.05) is 12.1 Å². The largest absolute Gasteiger partial charge is 0.497 e. The maximum atomic E-state index is 13.7. The molecule has 2 aliphatic rings. The van der Waals surface area contributed by atoms with Gasteiger partial charge in [0.15, 0.2) is 5.69 Å². The molecule has 38 heavy (non-hydrogen) atoms. The molecule has 0 unspecified atom stereocenters. The lowest BCUT2D eigenvalue weighted by Gasteiger charge is -2.28. The van der Waals surface area contributed by atoms with E-state index < -0.39 is 5.91 Å². The summed E-state index contributed by atoms with van der Waals surface area (Å²) in [5.74, 6) is -0.187. The zero-order valence-corrected chi connectivity index (χ0v) is 21.6. The van der Waals surface area contributed by atoms with Crippen LogP contribution in [0.15, 0.2) is 48.5 Å². The summed E-state index contributed by atoms with van der Waals surface area (Å²) < 4.78 is 17.9. The number of primary amides is 1. The molecular formula is C28H33N5O5. The minimum Gasteiger partial charge on any atom is -0.497 e. The predicted octanol–water partition coefficient (Wildman–Crippen LogP) is 2.07. The fourth-order valence-corrected chi connectivity index (χ4v) is 4.87. The number of carbonyl (C=O) groups is 2. The van der Waals surface area contributed by atoms with E-state index in [0.29, 0.717) is 48.9 Å². The van der Waals surface area contributed by atoms with E-state index in [4.69, 9.17) is 19.9 Å². The number of amides is 2. The summed E-state index contributed by atoms with van der Waals surface area (Å²) in [5.41, 5.74) is 9.26. The van der Waals surface area contributed by atoms with Crippen molar-refractivity contribution in [2.75, 3.05) is 64.6 Å². The number of morpholine rings is 1. The lowest BCUT2D eigenvalue weighted by atomic mass is 10.0. The molecule has 10 nitrogen and oxygen atoms in total. The monoisotopic (exact) mass is 519 g/mol. The summed E-state index contributed by atoms with van der Waals surface area (Å²) in [6.45, 7) is 6.23. The van der Waals surface area contributed by atoms with Crippen molar-refractivity contribution in [3.05, 3.63) is 71.0 Å². The first-order valence-electron chi connectivity index (χ1n) is 12.9. The minimum atomic E-state index is -0.647. The molecule has 5 rings (SSSR count). The van der Waals surface area contributed by atoms with Crippen molar-refractivity contribution in [3.8, 4) is 11.4 Å². The molecule has 2 N–H and O–H groups in total. The molecule has 3 aromatic rings. The van der Waals surface area contributed by atoms with Crippen LogP contribution in [-0.2, 0) is 22.3 Å². The Morgan fingerprint density at radius 3 is 2.39 bits per heavy atom. The Hall–Kier alpha value is -3.73. The highest BCUT2D eigenvalue weighted by Gasteiger charge is 2.34. The SMILES string of the molecule is COc1ccc(-n2nc(C(N)=O)c3c2C(=O)N(c2ccc(CCOCCN4CCOCC4)cc2)CC3)cc1. The van der Waals surface area contributed by atoms with Gasteiger partial charge < -0.3 is 24.8 Å². The van der Waals surface area contributed by atoms with Crippen LogP contribution >= 0.6 is 0 Å². The van der Waals surface area contributed by atoms with Gasteiger partial charge in [0.25, 0.3) is 11.8 Å². The highest BCUT2D eigenvalue weighted by molar-refractivity contribution is 6.09. The van der Waals surface area contributed by atoms with Crippen LogP contribution in [0.4, 0.5) is 5.69 Å². The number of hydrogen-bond acceptors (Lipinski definition) is 7. The molecule has 0 spiro atoms. The van der Waals surface area contributed by atoms with Crippen LogP contribution in [0, 0.1) is 0 Å². The quantitative estimate of drug-likeness (QED) is 0.408. The van der Waals surface area contributed by atoms with Gasteiger partial charge in [-0.15, -0.1) is 0 Å². The van der Waals surface area contributed by atoms with E-state index >= 15 is 0 Å². The minimum absolute atomic E-state index is 0.132. The van der Waals surface area contributed by atoms with Gasteiger partial charge in [0.1, 0.15) is 11.4 Å². The van der Waals surface area contributed by atoms with E-state index in [1.807, 2.05) is 24.3 Å². The normalized spacial score (nSPS) is 15.9. The van der Waals surface area contributed by atoms with Gasteiger partial charge in [0.05, 0.1) is 39.2 Å². The Morgan fingerprint density at radius 1 is 1.00 bits per heavy atom. The number of nitrogens with two attached hydrogens (primary N) is 1. The molecule has 3 heterocycles. The smallest absolute Gasteiger partial charge is 0.277 e. The van der Waals surface area contributed by atoms with E-state index in [9.17, 15) is 9.59 Å². The fourth-order valence-electron chi connectivity index (χ4n) is 4.87. The second-order valence-electron chi connectivity index (χ2n) is 9.34. The molecule has 0 aliphatic carbocycles. The van der Waals surface area contributed by atoms with Crippen LogP contribution in [0.2, 0.25) is 0 Å². The lowest BCUT2D eigenvalue weighted by Crippen LogP contribution is -2.39. The van der Waals surface area contributed by atoms with Crippen molar-refractivity contribution in [1.29, 1.82) is 0 Å². The van der Waals surface area contributed by atoms with Gasteiger partial charge in [-0.2, -0.15) is 5.10 Å². The van der Waals surface area contributed by atoms with Crippen molar-refractivity contribution >= 4 is 17.5 Å². The Balaban J connectivity index is 1.25. The summed E-state index contributed by atoms with van der Waals surface area (Å²) >= 11 is 0. The number of carbonyl (C=O) groups excluding carboxylic acids is 2. The first-order chi connectivity index (χ1) is 18.5.